The van der Waals surface area contributed by atoms with Gasteiger partial charge in [0.25, 0.3) is 0 Å². The van der Waals surface area contributed by atoms with Crippen LogP contribution < -0.4 is 5.32 Å². The van der Waals surface area contributed by atoms with E-state index in [1.165, 1.54) is 24.2 Å². The number of thioether (sulfide) groups is 1. The Kier molecular flexibility index (Phi) is 7.52. The second kappa shape index (κ2) is 8.63. The van der Waals surface area contributed by atoms with Gasteiger partial charge in [-0.25, -0.2) is 4.98 Å². The Morgan fingerprint density at radius 3 is 2.43 bits per heavy atom. The first kappa shape index (κ1) is 18.3. The van der Waals surface area contributed by atoms with Crippen molar-refractivity contribution in [1.29, 1.82) is 0 Å². The summed E-state index contributed by atoms with van der Waals surface area (Å²) in [6.45, 7) is 7.40. The number of rotatable bonds is 8. The molecule has 1 atom stereocenters. The molecule has 0 aromatic carbocycles. The fourth-order valence-corrected chi connectivity index (χ4v) is 2.50. The maximum absolute atomic E-state index is 12.4. The van der Waals surface area contributed by atoms with E-state index in [1.54, 1.807) is 0 Å². The zero-order chi connectivity index (χ0) is 15.9. The number of halogens is 3. The first-order valence-corrected chi connectivity index (χ1v) is 8.17. The molecule has 0 saturated carbocycles. The van der Waals surface area contributed by atoms with Crippen molar-refractivity contribution in [2.45, 2.75) is 50.9 Å². The molecule has 21 heavy (non-hydrogen) atoms. The van der Waals surface area contributed by atoms with Crippen LogP contribution in [-0.2, 0) is 6.18 Å². The number of nitrogens with zero attached hydrogens (tertiary/aromatic N) is 1. The molecule has 0 amide bonds. The van der Waals surface area contributed by atoms with Crippen molar-refractivity contribution >= 4 is 11.8 Å². The molecule has 6 heteroatoms. The monoisotopic (exact) mass is 320 g/mol. The summed E-state index contributed by atoms with van der Waals surface area (Å²) >= 11 is 1.47. The SMILES string of the molecule is CC(C)CCC(C)NCCSc1ccc(C(F)(F)F)cn1. The average Bonchev–Trinajstić information content (AvgIpc) is 2.41. The Labute approximate surface area is 128 Å². The van der Waals surface area contributed by atoms with Crippen LogP contribution in [0.1, 0.15) is 39.2 Å². The maximum Gasteiger partial charge on any atom is 0.417 e. The average molecular weight is 320 g/mol. The lowest BCUT2D eigenvalue weighted by atomic mass is 10.0. The van der Waals surface area contributed by atoms with E-state index in [9.17, 15) is 13.2 Å². The summed E-state index contributed by atoms with van der Waals surface area (Å²) < 4.78 is 37.2. The quantitative estimate of drug-likeness (QED) is 0.559. The van der Waals surface area contributed by atoms with Crippen LogP contribution in [0.5, 0.6) is 0 Å². The van der Waals surface area contributed by atoms with Crippen molar-refractivity contribution in [2.24, 2.45) is 5.92 Å². The fraction of sp³-hybridized carbons (Fsp3) is 0.667. The van der Waals surface area contributed by atoms with Gasteiger partial charge in [0.15, 0.2) is 0 Å². The van der Waals surface area contributed by atoms with Gasteiger partial charge in [-0.1, -0.05) is 13.8 Å². The first-order valence-electron chi connectivity index (χ1n) is 7.18. The molecule has 1 unspecified atom stereocenters. The third kappa shape index (κ3) is 7.71. The van der Waals surface area contributed by atoms with Gasteiger partial charge >= 0.3 is 6.18 Å². The Hall–Kier alpha value is -0.750. The summed E-state index contributed by atoms with van der Waals surface area (Å²) in [4.78, 5) is 3.84. The van der Waals surface area contributed by atoms with E-state index in [0.717, 1.165) is 31.0 Å². The minimum atomic E-state index is -4.32. The van der Waals surface area contributed by atoms with Crippen molar-refractivity contribution in [3.63, 3.8) is 0 Å². The minimum absolute atomic E-state index is 0.466. The highest BCUT2D eigenvalue weighted by Gasteiger charge is 2.30. The molecule has 1 aromatic rings. The molecule has 0 aliphatic carbocycles. The van der Waals surface area contributed by atoms with Crippen molar-refractivity contribution < 1.29 is 13.2 Å². The van der Waals surface area contributed by atoms with Gasteiger partial charge in [-0.3, -0.25) is 0 Å². The molecule has 1 heterocycles. The summed E-state index contributed by atoms with van der Waals surface area (Å²) in [6, 6.07) is 2.97. The lowest BCUT2D eigenvalue weighted by Gasteiger charge is -2.14. The van der Waals surface area contributed by atoms with E-state index < -0.39 is 11.7 Å². The number of aromatic nitrogens is 1. The smallest absolute Gasteiger partial charge is 0.313 e. The van der Waals surface area contributed by atoms with E-state index in [-0.39, 0.29) is 0 Å². The Morgan fingerprint density at radius 1 is 1.19 bits per heavy atom. The summed E-state index contributed by atoms with van der Waals surface area (Å²) in [7, 11) is 0. The number of pyridine rings is 1. The fourth-order valence-electron chi connectivity index (χ4n) is 1.78. The van der Waals surface area contributed by atoms with Gasteiger partial charge in [0, 0.05) is 24.5 Å². The van der Waals surface area contributed by atoms with Crippen LogP contribution in [0.2, 0.25) is 0 Å². The zero-order valence-electron chi connectivity index (χ0n) is 12.7. The van der Waals surface area contributed by atoms with Crippen molar-refractivity contribution in [2.75, 3.05) is 12.3 Å². The van der Waals surface area contributed by atoms with Crippen LogP contribution in [0.25, 0.3) is 0 Å². The number of hydrogen-bond acceptors (Lipinski definition) is 3. The van der Waals surface area contributed by atoms with Crippen molar-refractivity contribution in [3.8, 4) is 0 Å². The van der Waals surface area contributed by atoms with E-state index >= 15 is 0 Å². The van der Waals surface area contributed by atoms with E-state index in [2.05, 4.69) is 31.1 Å². The van der Waals surface area contributed by atoms with Crippen LogP contribution in [0.4, 0.5) is 13.2 Å². The van der Waals surface area contributed by atoms with Crippen LogP contribution in [-0.4, -0.2) is 23.3 Å². The Bertz CT molecular complexity index is 404. The van der Waals surface area contributed by atoms with Crippen LogP contribution in [0.3, 0.4) is 0 Å². The first-order chi connectivity index (χ1) is 9.79. The van der Waals surface area contributed by atoms with Crippen LogP contribution >= 0.6 is 11.8 Å². The highest BCUT2D eigenvalue weighted by molar-refractivity contribution is 7.99. The molecule has 2 nitrogen and oxygen atoms in total. The molecule has 1 aromatic heterocycles. The molecular weight excluding hydrogens is 297 g/mol. The summed E-state index contributed by atoms with van der Waals surface area (Å²) in [6.07, 6.45) is -1.09. The van der Waals surface area contributed by atoms with Gasteiger partial charge in [-0.05, 0) is 37.8 Å². The molecule has 0 bridgehead atoms. The normalized spacial score (nSPS) is 13.7. The maximum atomic E-state index is 12.4. The molecule has 0 saturated heterocycles. The molecule has 0 aliphatic heterocycles. The topological polar surface area (TPSA) is 24.9 Å². The largest absolute Gasteiger partial charge is 0.417 e. The van der Waals surface area contributed by atoms with Gasteiger partial charge in [0.1, 0.15) is 0 Å². The molecule has 120 valence electrons. The zero-order valence-corrected chi connectivity index (χ0v) is 13.5. The number of nitrogens with one attached hydrogen (secondary N) is 1. The molecule has 0 fully saturated rings. The minimum Gasteiger partial charge on any atom is -0.313 e. The van der Waals surface area contributed by atoms with Gasteiger partial charge in [-0.15, -0.1) is 11.8 Å². The molecule has 0 aliphatic rings. The second-order valence-corrected chi connectivity index (χ2v) is 6.67. The highest BCUT2D eigenvalue weighted by atomic mass is 32.2. The van der Waals surface area contributed by atoms with Gasteiger partial charge in [0.05, 0.1) is 10.6 Å². The predicted molar refractivity (Wildman–Crippen MR) is 81.5 cm³/mol. The summed E-state index contributed by atoms with van der Waals surface area (Å²) in [5, 5.41) is 4.04. The molecule has 1 rings (SSSR count). The van der Waals surface area contributed by atoms with Gasteiger partial charge < -0.3 is 5.32 Å². The van der Waals surface area contributed by atoms with Crippen molar-refractivity contribution in [3.05, 3.63) is 23.9 Å². The number of alkyl halides is 3. The molecule has 1 N–H and O–H groups in total. The van der Waals surface area contributed by atoms with Gasteiger partial charge in [-0.2, -0.15) is 13.2 Å². The Morgan fingerprint density at radius 2 is 1.90 bits per heavy atom. The molecule has 0 radical (unpaired) electrons. The third-order valence-corrected chi connectivity index (χ3v) is 4.03. The number of hydrogen-bond donors (Lipinski definition) is 1. The third-order valence-electron chi connectivity index (χ3n) is 3.09. The lowest BCUT2D eigenvalue weighted by Crippen LogP contribution is -2.28. The lowest BCUT2D eigenvalue weighted by molar-refractivity contribution is -0.137. The van der Waals surface area contributed by atoms with Crippen molar-refractivity contribution in [1.82, 2.24) is 10.3 Å². The highest BCUT2D eigenvalue weighted by Crippen LogP contribution is 2.29. The van der Waals surface area contributed by atoms with E-state index in [4.69, 9.17) is 0 Å². The second-order valence-electron chi connectivity index (χ2n) is 5.56. The van der Waals surface area contributed by atoms with Crippen LogP contribution in [0.15, 0.2) is 23.4 Å². The standard InChI is InChI=1S/C15H23F3N2S/c1-11(2)4-5-12(3)19-8-9-21-14-7-6-13(10-20-14)15(16,17)18/h6-7,10-12,19H,4-5,8-9H2,1-3H3. The Balaban J connectivity index is 2.24. The van der Waals surface area contributed by atoms with Crippen LogP contribution in [0, 0.1) is 5.92 Å². The van der Waals surface area contributed by atoms with E-state index in [0.29, 0.717) is 17.0 Å². The summed E-state index contributed by atoms with van der Waals surface area (Å²) in [5.41, 5.74) is -0.702. The molecular formula is C15H23F3N2S. The predicted octanol–water partition coefficient (Wildman–Crippen LogP) is 4.61. The summed E-state index contributed by atoms with van der Waals surface area (Å²) in [5.74, 6) is 1.50. The van der Waals surface area contributed by atoms with Gasteiger partial charge in [0.2, 0.25) is 0 Å². The van der Waals surface area contributed by atoms with E-state index in [1.807, 2.05) is 0 Å². The molecule has 0 spiro atoms.